The lowest BCUT2D eigenvalue weighted by Gasteiger charge is -2.26. The summed E-state index contributed by atoms with van der Waals surface area (Å²) in [4.78, 5) is 30.8. The summed E-state index contributed by atoms with van der Waals surface area (Å²) in [5.74, 6) is 0.379. The first-order chi connectivity index (χ1) is 14.8. The summed E-state index contributed by atoms with van der Waals surface area (Å²) in [6.07, 6.45) is 0.834. The molecule has 1 aliphatic rings. The summed E-state index contributed by atoms with van der Waals surface area (Å²) in [6.45, 7) is 7.58. The lowest BCUT2D eigenvalue weighted by Crippen LogP contribution is -2.35. The van der Waals surface area contributed by atoms with Crippen molar-refractivity contribution in [2.24, 2.45) is 0 Å². The predicted octanol–water partition coefficient (Wildman–Crippen LogP) is 4.59. The fourth-order valence-corrected chi connectivity index (χ4v) is 4.24. The molecule has 162 valence electrons. The van der Waals surface area contributed by atoms with Gasteiger partial charge >= 0.3 is 0 Å². The van der Waals surface area contributed by atoms with Crippen LogP contribution >= 0.6 is 0 Å². The van der Waals surface area contributed by atoms with E-state index in [4.69, 9.17) is 4.42 Å². The first-order valence-electron chi connectivity index (χ1n) is 11.0. The van der Waals surface area contributed by atoms with Crippen molar-refractivity contribution in [3.63, 3.8) is 0 Å². The zero-order valence-electron chi connectivity index (χ0n) is 18.9. The number of rotatable bonds is 6. The summed E-state index contributed by atoms with van der Waals surface area (Å²) in [7, 11) is 3.95. The third-order valence-corrected chi connectivity index (χ3v) is 6.15. The standard InChI is InChI=1S/C26H30N2O3/c1-6-17-7-12-21-20(15-17)24(29)22-23(19-10-8-18(9-11-19)16(2)3)28(14-13-27(4)5)26(30)25(22)31-21/h7-12,15-16,23H,6,13-14H2,1-5H3. The maximum Gasteiger partial charge on any atom is 0.290 e. The van der Waals surface area contributed by atoms with Crippen molar-refractivity contribution >= 4 is 16.9 Å². The molecule has 0 saturated carbocycles. The Morgan fingerprint density at radius 2 is 1.77 bits per heavy atom. The third-order valence-electron chi connectivity index (χ3n) is 6.15. The lowest BCUT2D eigenvalue weighted by atomic mass is 9.95. The van der Waals surface area contributed by atoms with Crippen LogP contribution in [0.5, 0.6) is 0 Å². The Balaban J connectivity index is 1.90. The highest BCUT2D eigenvalue weighted by molar-refractivity contribution is 5.99. The molecule has 31 heavy (non-hydrogen) atoms. The number of aryl methyl sites for hydroxylation is 1. The highest BCUT2D eigenvalue weighted by atomic mass is 16.3. The molecule has 1 aliphatic heterocycles. The number of hydrogen-bond donors (Lipinski definition) is 0. The second kappa shape index (κ2) is 8.31. The van der Waals surface area contributed by atoms with Crippen molar-refractivity contribution in [1.29, 1.82) is 0 Å². The molecule has 0 bridgehead atoms. The van der Waals surface area contributed by atoms with Crippen molar-refractivity contribution in [2.75, 3.05) is 27.2 Å². The van der Waals surface area contributed by atoms with Gasteiger partial charge in [-0.1, -0.05) is 51.1 Å². The van der Waals surface area contributed by atoms with Gasteiger partial charge in [-0.15, -0.1) is 0 Å². The van der Waals surface area contributed by atoms with Gasteiger partial charge in [0.25, 0.3) is 5.91 Å². The van der Waals surface area contributed by atoms with Crippen LogP contribution in [-0.2, 0) is 6.42 Å². The van der Waals surface area contributed by atoms with E-state index in [2.05, 4.69) is 32.9 Å². The second-order valence-corrected chi connectivity index (χ2v) is 8.88. The number of benzene rings is 2. The first-order valence-corrected chi connectivity index (χ1v) is 11.0. The molecule has 2 aromatic carbocycles. The topological polar surface area (TPSA) is 53.8 Å². The van der Waals surface area contributed by atoms with E-state index in [1.54, 1.807) is 11.0 Å². The van der Waals surface area contributed by atoms with E-state index in [9.17, 15) is 9.59 Å². The molecule has 4 rings (SSSR count). The van der Waals surface area contributed by atoms with Gasteiger partial charge in [-0.2, -0.15) is 0 Å². The molecule has 1 amide bonds. The Bertz CT molecular complexity index is 1180. The van der Waals surface area contributed by atoms with E-state index in [-0.39, 0.29) is 17.1 Å². The highest BCUT2D eigenvalue weighted by Crippen LogP contribution is 2.38. The van der Waals surface area contributed by atoms with E-state index >= 15 is 0 Å². The van der Waals surface area contributed by atoms with Crippen LogP contribution in [-0.4, -0.2) is 42.9 Å². The minimum atomic E-state index is -0.436. The number of nitrogens with zero attached hydrogens (tertiary/aromatic N) is 2. The number of amides is 1. The number of hydrogen-bond acceptors (Lipinski definition) is 4. The molecule has 2 heterocycles. The Hall–Kier alpha value is -2.92. The van der Waals surface area contributed by atoms with Crippen molar-refractivity contribution in [2.45, 2.75) is 39.2 Å². The minimum Gasteiger partial charge on any atom is -0.450 e. The second-order valence-electron chi connectivity index (χ2n) is 8.88. The Kier molecular flexibility index (Phi) is 5.71. The Morgan fingerprint density at radius 3 is 2.39 bits per heavy atom. The molecule has 1 unspecified atom stereocenters. The Morgan fingerprint density at radius 1 is 1.06 bits per heavy atom. The van der Waals surface area contributed by atoms with Crippen LogP contribution in [0.25, 0.3) is 11.0 Å². The molecular formula is C26H30N2O3. The largest absolute Gasteiger partial charge is 0.450 e. The number of fused-ring (bicyclic) bond motifs is 2. The molecule has 1 aromatic heterocycles. The van der Waals surface area contributed by atoms with Gasteiger partial charge in [-0.25, -0.2) is 0 Å². The average molecular weight is 419 g/mol. The summed E-state index contributed by atoms with van der Waals surface area (Å²) in [5, 5.41) is 0.546. The van der Waals surface area contributed by atoms with Gasteiger partial charge in [0, 0.05) is 13.1 Å². The van der Waals surface area contributed by atoms with Crippen LogP contribution < -0.4 is 5.43 Å². The molecule has 1 atom stereocenters. The maximum atomic E-state index is 13.6. The van der Waals surface area contributed by atoms with Gasteiger partial charge in [0.05, 0.1) is 17.0 Å². The van der Waals surface area contributed by atoms with Crippen LogP contribution in [0, 0.1) is 0 Å². The molecule has 0 saturated heterocycles. The van der Waals surface area contributed by atoms with Gasteiger partial charge in [0.2, 0.25) is 5.76 Å². The summed E-state index contributed by atoms with van der Waals surface area (Å²) < 4.78 is 6.04. The quantitative estimate of drug-likeness (QED) is 0.588. The Labute approximate surface area is 183 Å². The van der Waals surface area contributed by atoms with Gasteiger partial charge in [-0.3, -0.25) is 9.59 Å². The van der Waals surface area contributed by atoms with Crippen LogP contribution in [0.3, 0.4) is 0 Å². The van der Waals surface area contributed by atoms with E-state index in [1.165, 1.54) is 5.56 Å². The van der Waals surface area contributed by atoms with Crippen molar-refractivity contribution < 1.29 is 9.21 Å². The lowest BCUT2D eigenvalue weighted by molar-refractivity contribution is 0.0716. The van der Waals surface area contributed by atoms with Crippen LogP contribution in [0.2, 0.25) is 0 Å². The zero-order valence-corrected chi connectivity index (χ0v) is 18.9. The molecule has 3 aromatic rings. The van der Waals surface area contributed by atoms with Crippen molar-refractivity contribution in [3.05, 3.63) is 80.7 Å². The number of carbonyl (C=O) groups is 1. The normalized spacial score (nSPS) is 16.0. The van der Waals surface area contributed by atoms with Gasteiger partial charge < -0.3 is 14.2 Å². The van der Waals surface area contributed by atoms with Gasteiger partial charge in [0.1, 0.15) is 5.58 Å². The van der Waals surface area contributed by atoms with E-state index in [0.29, 0.717) is 35.5 Å². The monoisotopic (exact) mass is 418 g/mol. The summed E-state index contributed by atoms with van der Waals surface area (Å²) in [6, 6.07) is 13.5. The summed E-state index contributed by atoms with van der Waals surface area (Å²) >= 11 is 0. The zero-order chi connectivity index (χ0) is 22.3. The molecule has 0 radical (unpaired) electrons. The van der Waals surface area contributed by atoms with Crippen LogP contribution in [0.1, 0.15) is 65.5 Å². The minimum absolute atomic E-state index is 0.106. The maximum absolute atomic E-state index is 13.6. The molecule has 0 spiro atoms. The van der Waals surface area contributed by atoms with Crippen LogP contribution in [0.15, 0.2) is 51.7 Å². The van der Waals surface area contributed by atoms with E-state index in [1.807, 2.05) is 43.3 Å². The first kappa shape index (κ1) is 21.3. The average Bonchev–Trinajstić information content (AvgIpc) is 3.04. The fourth-order valence-electron chi connectivity index (χ4n) is 4.24. The molecule has 5 heteroatoms. The summed E-state index contributed by atoms with van der Waals surface area (Å²) in [5.41, 5.74) is 4.07. The van der Waals surface area contributed by atoms with E-state index < -0.39 is 6.04 Å². The molecular weight excluding hydrogens is 388 g/mol. The van der Waals surface area contributed by atoms with E-state index in [0.717, 1.165) is 17.5 Å². The SMILES string of the molecule is CCc1ccc2oc3c(c(=O)c2c1)C(c1ccc(C(C)C)cc1)N(CCN(C)C)C3=O. The number of carbonyl (C=O) groups excluding carboxylic acids is 1. The van der Waals surface area contributed by atoms with Crippen molar-refractivity contribution in [3.8, 4) is 0 Å². The van der Waals surface area contributed by atoms with Crippen molar-refractivity contribution in [1.82, 2.24) is 9.80 Å². The molecule has 0 fully saturated rings. The number of likely N-dealkylation sites (N-methyl/N-ethyl adjacent to an activating group) is 1. The van der Waals surface area contributed by atoms with Crippen LogP contribution in [0.4, 0.5) is 0 Å². The van der Waals surface area contributed by atoms with Gasteiger partial charge in [-0.05, 0) is 55.3 Å². The van der Waals surface area contributed by atoms with Gasteiger partial charge in [0.15, 0.2) is 5.43 Å². The highest BCUT2D eigenvalue weighted by Gasteiger charge is 2.42. The predicted molar refractivity (Wildman–Crippen MR) is 124 cm³/mol. The smallest absolute Gasteiger partial charge is 0.290 e. The third kappa shape index (κ3) is 3.79. The molecule has 5 nitrogen and oxygen atoms in total. The fraction of sp³-hybridized carbons (Fsp3) is 0.385. The molecule has 0 aliphatic carbocycles. The molecule has 0 N–H and O–H groups in total.